The first-order valence-electron chi connectivity index (χ1n) is 8.32. The summed E-state index contributed by atoms with van der Waals surface area (Å²) < 4.78 is 1.51. The number of rotatable bonds is 4. The molecule has 0 aliphatic heterocycles. The molecular formula is C18H18N6O. The lowest BCUT2D eigenvalue weighted by atomic mass is 9.92. The number of aryl methyl sites for hydroxylation is 1. The summed E-state index contributed by atoms with van der Waals surface area (Å²) in [5, 5.41) is 7.02. The molecule has 0 radical (unpaired) electrons. The van der Waals surface area contributed by atoms with Crippen molar-refractivity contribution < 1.29 is 4.79 Å². The van der Waals surface area contributed by atoms with Crippen molar-refractivity contribution in [3.8, 4) is 11.4 Å². The number of hydrogen-bond donors (Lipinski definition) is 1. The predicted molar refractivity (Wildman–Crippen MR) is 91.3 cm³/mol. The molecular weight excluding hydrogens is 316 g/mol. The second-order valence-electron chi connectivity index (χ2n) is 6.07. The van der Waals surface area contributed by atoms with Gasteiger partial charge in [-0.1, -0.05) is 30.3 Å². The number of nitrogens with one attached hydrogen (secondary N) is 1. The third-order valence-corrected chi connectivity index (χ3v) is 4.32. The van der Waals surface area contributed by atoms with E-state index in [1.54, 1.807) is 0 Å². The van der Waals surface area contributed by atoms with Crippen LogP contribution < -0.4 is 5.32 Å². The third kappa shape index (κ3) is 3.40. The van der Waals surface area contributed by atoms with Crippen LogP contribution in [0.15, 0.2) is 49.2 Å². The molecule has 126 valence electrons. The van der Waals surface area contributed by atoms with Crippen LogP contribution in [0.5, 0.6) is 0 Å². The van der Waals surface area contributed by atoms with Gasteiger partial charge < -0.3 is 5.32 Å². The van der Waals surface area contributed by atoms with Gasteiger partial charge in [-0.25, -0.2) is 19.6 Å². The highest BCUT2D eigenvalue weighted by atomic mass is 16.2. The Morgan fingerprint density at radius 1 is 1.28 bits per heavy atom. The maximum Gasteiger partial charge on any atom is 0.242 e. The molecule has 1 atom stereocenters. The minimum atomic E-state index is -0.0875. The first-order valence-corrected chi connectivity index (χ1v) is 8.32. The van der Waals surface area contributed by atoms with Crippen molar-refractivity contribution in [2.45, 2.75) is 31.8 Å². The summed E-state index contributed by atoms with van der Waals surface area (Å²) in [6.45, 7) is 0.161. The van der Waals surface area contributed by atoms with Gasteiger partial charge in [-0.2, -0.15) is 5.10 Å². The summed E-state index contributed by atoms with van der Waals surface area (Å²) in [6, 6.07) is 9.88. The van der Waals surface area contributed by atoms with Gasteiger partial charge in [0.05, 0.1) is 6.04 Å². The van der Waals surface area contributed by atoms with Gasteiger partial charge in [-0.15, -0.1) is 0 Å². The number of nitrogens with zero attached hydrogens (tertiary/aromatic N) is 5. The summed E-state index contributed by atoms with van der Waals surface area (Å²) in [6.07, 6.45) is 7.60. The maximum absolute atomic E-state index is 12.2. The van der Waals surface area contributed by atoms with Crippen molar-refractivity contribution in [3.05, 3.63) is 60.4 Å². The zero-order valence-corrected chi connectivity index (χ0v) is 13.7. The average molecular weight is 334 g/mol. The Morgan fingerprint density at radius 2 is 2.16 bits per heavy atom. The summed E-state index contributed by atoms with van der Waals surface area (Å²) in [5.74, 6) is 0.643. The number of fused-ring (bicyclic) bond motifs is 1. The molecule has 1 amide bonds. The van der Waals surface area contributed by atoms with Gasteiger partial charge in [0, 0.05) is 23.0 Å². The van der Waals surface area contributed by atoms with Crippen LogP contribution in [0, 0.1) is 0 Å². The second kappa shape index (κ2) is 6.80. The minimum absolute atomic E-state index is 0.0513. The van der Waals surface area contributed by atoms with Gasteiger partial charge in [0.15, 0.2) is 5.82 Å². The summed E-state index contributed by atoms with van der Waals surface area (Å²) in [7, 11) is 0. The van der Waals surface area contributed by atoms with E-state index in [1.807, 2.05) is 36.5 Å². The van der Waals surface area contributed by atoms with Gasteiger partial charge in [0.25, 0.3) is 0 Å². The lowest BCUT2D eigenvalue weighted by Crippen LogP contribution is -2.34. The summed E-state index contributed by atoms with van der Waals surface area (Å²) in [5.41, 5.74) is 3.03. The monoisotopic (exact) mass is 334 g/mol. The largest absolute Gasteiger partial charge is 0.348 e. The van der Waals surface area contributed by atoms with Gasteiger partial charge in [0.2, 0.25) is 5.91 Å². The van der Waals surface area contributed by atoms with Crippen LogP contribution in [0.2, 0.25) is 0 Å². The van der Waals surface area contributed by atoms with Crippen LogP contribution in [0.4, 0.5) is 0 Å². The van der Waals surface area contributed by atoms with Gasteiger partial charge in [0.1, 0.15) is 19.2 Å². The molecule has 7 nitrogen and oxygen atoms in total. The Morgan fingerprint density at radius 3 is 2.96 bits per heavy atom. The highest BCUT2D eigenvalue weighted by Gasteiger charge is 2.24. The van der Waals surface area contributed by atoms with Crippen LogP contribution >= 0.6 is 0 Å². The Labute approximate surface area is 145 Å². The van der Waals surface area contributed by atoms with E-state index in [0.29, 0.717) is 0 Å². The molecule has 3 aromatic rings. The molecule has 1 aliphatic carbocycles. The number of hydrogen-bond acceptors (Lipinski definition) is 5. The van der Waals surface area contributed by atoms with Crippen LogP contribution in [-0.4, -0.2) is 30.6 Å². The molecule has 0 saturated carbocycles. The van der Waals surface area contributed by atoms with Crippen molar-refractivity contribution in [2.24, 2.45) is 0 Å². The van der Waals surface area contributed by atoms with Crippen molar-refractivity contribution in [2.75, 3.05) is 0 Å². The standard InChI is InChI=1S/C18H18N6O/c25-17(10-24-12-19-11-21-24)22-15-7-4-8-16-14(15)9-20-18(23-16)13-5-2-1-3-6-13/h1-3,5-6,9,11-12,15H,4,7-8,10H2,(H,22,25). The van der Waals surface area contributed by atoms with Gasteiger partial charge >= 0.3 is 0 Å². The first-order chi connectivity index (χ1) is 12.3. The number of benzene rings is 1. The topological polar surface area (TPSA) is 85.6 Å². The summed E-state index contributed by atoms with van der Waals surface area (Å²) in [4.78, 5) is 25.3. The van der Waals surface area contributed by atoms with Crippen LogP contribution in [-0.2, 0) is 17.8 Å². The fraction of sp³-hybridized carbons (Fsp3) is 0.278. The molecule has 25 heavy (non-hydrogen) atoms. The molecule has 0 saturated heterocycles. The quantitative estimate of drug-likeness (QED) is 0.788. The SMILES string of the molecule is O=C(Cn1cncn1)NC1CCCc2nc(-c3ccccc3)ncc21. The Hall–Kier alpha value is -3.09. The second-order valence-corrected chi connectivity index (χ2v) is 6.07. The molecule has 7 heteroatoms. The number of amides is 1. The lowest BCUT2D eigenvalue weighted by Gasteiger charge is -2.25. The molecule has 2 aromatic heterocycles. The van der Waals surface area contributed by atoms with E-state index in [9.17, 15) is 4.79 Å². The molecule has 0 spiro atoms. The molecule has 1 aliphatic rings. The highest BCUT2D eigenvalue weighted by Crippen LogP contribution is 2.29. The number of carbonyl (C=O) groups excluding carboxylic acids is 1. The predicted octanol–water partition coefficient (Wildman–Crippen LogP) is 1.93. The Bertz CT molecular complexity index is 863. The van der Waals surface area contributed by atoms with E-state index >= 15 is 0 Å². The van der Waals surface area contributed by atoms with Crippen molar-refractivity contribution >= 4 is 5.91 Å². The van der Waals surface area contributed by atoms with Crippen LogP contribution in [0.1, 0.15) is 30.1 Å². The molecule has 1 N–H and O–H groups in total. The summed E-state index contributed by atoms with van der Waals surface area (Å²) >= 11 is 0. The fourth-order valence-electron chi connectivity index (χ4n) is 3.12. The maximum atomic E-state index is 12.2. The highest BCUT2D eigenvalue weighted by molar-refractivity contribution is 5.76. The lowest BCUT2D eigenvalue weighted by molar-refractivity contribution is -0.122. The van der Waals surface area contributed by atoms with Crippen molar-refractivity contribution in [1.82, 2.24) is 30.0 Å². The minimum Gasteiger partial charge on any atom is -0.348 e. The zero-order valence-electron chi connectivity index (χ0n) is 13.7. The van der Waals surface area contributed by atoms with E-state index in [-0.39, 0.29) is 18.5 Å². The fourth-order valence-corrected chi connectivity index (χ4v) is 3.12. The normalized spacial score (nSPS) is 16.2. The van der Waals surface area contributed by atoms with Crippen LogP contribution in [0.25, 0.3) is 11.4 Å². The van der Waals surface area contributed by atoms with Gasteiger partial charge in [-0.3, -0.25) is 4.79 Å². The van der Waals surface area contributed by atoms with Crippen LogP contribution in [0.3, 0.4) is 0 Å². The Balaban J connectivity index is 1.53. The van der Waals surface area contributed by atoms with E-state index < -0.39 is 0 Å². The Kier molecular flexibility index (Phi) is 4.20. The van der Waals surface area contributed by atoms with Crippen molar-refractivity contribution in [3.63, 3.8) is 0 Å². The van der Waals surface area contributed by atoms with Gasteiger partial charge in [-0.05, 0) is 19.3 Å². The smallest absolute Gasteiger partial charge is 0.242 e. The molecule has 4 rings (SSSR count). The van der Waals surface area contributed by atoms with E-state index in [1.165, 1.54) is 17.3 Å². The van der Waals surface area contributed by atoms with E-state index in [2.05, 4.69) is 20.4 Å². The molecule has 2 heterocycles. The molecule has 1 aromatic carbocycles. The molecule has 0 bridgehead atoms. The van der Waals surface area contributed by atoms with E-state index in [0.717, 1.165) is 41.9 Å². The first kappa shape index (κ1) is 15.4. The number of aromatic nitrogens is 5. The third-order valence-electron chi connectivity index (χ3n) is 4.32. The number of carbonyl (C=O) groups is 1. The average Bonchev–Trinajstić information content (AvgIpc) is 3.15. The van der Waals surface area contributed by atoms with E-state index in [4.69, 9.17) is 4.98 Å². The zero-order chi connectivity index (χ0) is 17.1. The molecule has 0 fully saturated rings. The molecule has 1 unspecified atom stereocenters. The van der Waals surface area contributed by atoms with Crippen molar-refractivity contribution in [1.29, 1.82) is 0 Å².